The molecule has 0 radical (unpaired) electrons. The number of nitrogens with zero attached hydrogens (tertiary/aromatic N) is 1. The molecule has 12 heteroatoms. The topological polar surface area (TPSA) is 197 Å². The lowest BCUT2D eigenvalue weighted by Crippen LogP contribution is -2.33. The summed E-state index contributed by atoms with van der Waals surface area (Å²) in [6, 6.07) is 25.6. The molecule has 11 nitrogen and oxygen atoms in total. The van der Waals surface area contributed by atoms with Crippen LogP contribution in [0.1, 0.15) is 45.5 Å². The first-order valence-electron chi connectivity index (χ1n) is 15.1. The van der Waals surface area contributed by atoms with E-state index in [0.717, 1.165) is 45.9 Å². The van der Waals surface area contributed by atoms with Crippen LogP contribution in [-0.2, 0) is 0 Å². The van der Waals surface area contributed by atoms with Crippen LogP contribution in [0.5, 0.6) is 17.2 Å². The SMILES string of the molecule is NC(=O)O.Nc1ccccc1C(=O)O.O=C(c1ccc(OCCN2CCCCC2)cc1)c1c(-c2ccc(O)cc2)sc2cc(O)ccc12. The summed E-state index contributed by atoms with van der Waals surface area (Å²) >= 11 is 1.46. The maximum atomic E-state index is 13.6. The molecular formula is C36H37N3O8S. The number of amides is 1. The third-order valence-corrected chi connectivity index (χ3v) is 8.66. The highest BCUT2D eigenvalue weighted by Gasteiger charge is 2.22. The zero-order valence-electron chi connectivity index (χ0n) is 26.0. The van der Waals surface area contributed by atoms with E-state index >= 15 is 0 Å². The molecule has 1 aromatic heterocycles. The number of carbonyl (C=O) groups excluding carboxylic acids is 1. The summed E-state index contributed by atoms with van der Waals surface area (Å²) in [6.07, 6.45) is 2.52. The highest BCUT2D eigenvalue weighted by Crippen LogP contribution is 2.41. The van der Waals surface area contributed by atoms with Gasteiger partial charge in [-0.1, -0.05) is 18.6 Å². The molecule has 5 aromatic rings. The van der Waals surface area contributed by atoms with E-state index in [0.29, 0.717) is 23.4 Å². The van der Waals surface area contributed by atoms with Gasteiger partial charge in [-0.2, -0.15) is 0 Å². The van der Waals surface area contributed by atoms with Crippen molar-refractivity contribution in [2.24, 2.45) is 5.73 Å². The number of aromatic carboxylic acids is 1. The smallest absolute Gasteiger partial charge is 0.402 e. The number of hydrogen-bond acceptors (Lipinski definition) is 9. The highest BCUT2D eigenvalue weighted by molar-refractivity contribution is 7.22. The third kappa shape index (κ3) is 9.71. The number of aromatic hydroxyl groups is 2. The Kier molecular flexibility index (Phi) is 12.4. The number of benzene rings is 4. The van der Waals surface area contributed by atoms with Gasteiger partial charge in [0.1, 0.15) is 23.9 Å². The van der Waals surface area contributed by atoms with Gasteiger partial charge in [0.05, 0.1) is 5.56 Å². The highest BCUT2D eigenvalue weighted by atomic mass is 32.1. The zero-order chi connectivity index (χ0) is 34.6. The minimum Gasteiger partial charge on any atom is -0.508 e. The minimum atomic E-state index is -1.33. The number of fused-ring (bicyclic) bond motifs is 1. The van der Waals surface area contributed by atoms with Gasteiger partial charge in [-0.3, -0.25) is 9.69 Å². The van der Waals surface area contributed by atoms with Gasteiger partial charge in [0.25, 0.3) is 0 Å². The number of ether oxygens (including phenoxy) is 1. The molecule has 1 saturated heterocycles. The Morgan fingerprint density at radius 2 is 1.44 bits per heavy atom. The molecule has 8 N–H and O–H groups in total. The predicted molar refractivity (Wildman–Crippen MR) is 186 cm³/mol. The summed E-state index contributed by atoms with van der Waals surface area (Å²) in [4.78, 5) is 36.0. The Balaban J connectivity index is 0.000000311. The van der Waals surface area contributed by atoms with Crippen LogP contribution in [0.15, 0.2) is 91.0 Å². The van der Waals surface area contributed by atoms with Crippen molar-refractivity contribution in [1.82, 2.24) is 4.90 Å². The van der Waals surface area contributed by atoms with Crippen LogP contribution < -0.4 is 16.2 Å². The number of phenols is 2. The van der Waals surface area contributed by atoms with Crippen LogP contribution in [0.25, 0.3) is 20.5 Å². The Hall–Kier alpha value is -5.59. The van der Waals surface area contributed by atoms with E-state index in [1.165, 1.54) is 36.7 Å². The Morgan fingerprint density at radius 1 is 0.812 bits per heavy atom. The molecule has 0 bridgehead atoms. The Bertz CT molecular complexity index is 1850. The molecule has 1 aliphatic heterocycles. The van der Waals surface area contributed by atoms with Gasteiger partial charge < -0.3 is 36.6 Å². The van der Waals surface area contributed by atoms with Crippen molar-refractivity contribution < 1.29 is 39.5 Å². The van der Waals surface area contributed by atoms with Gasteiger partial charge in [-0.05, 0) is 110 Å². The zero-order valence-corrected chi connectivity index (χ0v) is 26.9. The fraction of sp³-hybridized carbons (Fsp3) is 0.194. The number of carbonyl (C=O) groups is 3. The molecule has 48 heavy (non-hydrogen) atoms. The third-order valence-electron chi connectivity index (χ3n) is 7.46. The second-order valence-corrected chi connectivity index (χ2v) is 11.9. The van der Waals surface area contributed by atoms with E-state index in [1.807, 2.05) is 24.3 Å². The summed E-state index contributed by atoms with van der Waals surface area (Å²) < 4.78 is 6.76. The largest absolute Gasteiger partial charge is 0.508 e. The number of thiophene rings is 1. The maximum absolute atomic E-state index is 13.6. The number of hydrogen-bond donors (Lipinski definition) is 6. The van der Waals surface area contributed by atoms with Crippen LogP contribution in [-0.4, -0.2) is 69.4 Å². The number of rotatable bonds is 8. The molecule has 0 atom stereocenters. The van der Waals surface area contributed by atoms with Crippen molar-refractivity contribution in [1.29, 1.82) is 0 Å². The van der Waals surface area contributed by atoms with E-state index < -0.39 is 12.1 Å². The second-order valence-electron chi connectivity index (χ2n) is 10.9. The summed E-state index contributed by atoms with van der Waals surface area (Å²) in [6.45, 7) is 3.85. The average molecular weight is 672 g/mol. The van der Waals surface area contributed by atoms with Gasteiger partial charge in [-0.15, -0.1) is 11.3 Å². The van der Waals surface area contributed by atoms with Gasteiger partial charge in [0, 0.05) is 38.3 Å². The molecule has 250 valence electrons. The summed E-state index contributed by atoms with van der Waals surface area (Å²) in [5.41, 5.74) is 11.9. The van der Waals surface area contributed by atoms with Gasteiger partial charge in [0.2, 0.25) is 0 Å². The van der Waals surface area contributed by atoms with Crippen LogP contribution in [0.2, 0.25) is 0 Å². The summed E-state index contributed by atoms with van der Waals surface area (Å²) in [7, 11) is 0. The van der Waals surface area contributed by atoms with E-state index in [-0.39, 0.29) is 22.8 Å². The molecule has 1 amide bonds. The summed E-state index contributed by atoms with van der Waals surface area (Å²) in [5, 5.41) is 36.1. The molecule has 2 heterocycles. The minimum absolute atomic E-state index is 0.0834. The number of phenolic OH excluding ortho intramolecular Hbond substituents is 2. The lowest BCUT2D eigenvalue weighted by Gasteiger charge is -2.26. The van der Waals surface area contributed by atoms with Gasteiger partial charge in [-0.25, -0.2) is 9.59 Å². The number of carboxylic acid groups (broad SMARTS) is 2. The number of anilines is 1. The Morgan fingerprint density at radius 3 is 2.04 bits per heavy atom. The number of likely N-dealkylation sites (tertiary alicyclic amines) is 1. The molecule has 4 aromatic carbocycles. The monoisotopic (exact) mass is 671 g/mol. The Labute approximate surface area is 281 Å². The number of para-hydroxylation sites is 1. The van der Waals surface area contributed by atoms with Crippen molar-refractivity contribution in [2.45, 2.75) is 19.3 Å². The second kappa shape index (κ2) is 16.8. The molecule has 1 fully saturated rings. The fourth-order valence-electron chi connectivity index (χ4n) is 5.14. The first kappa shape index (κ1) is 35.3. The number of piperidine rings is 1. The standard InChI is InChI=1S/C28H27NO4S.C7H7NO2.CH3NO2/c30-21-8-4-20(5-9-21)28-26(24-13-10-22(31)18-25(24)34-28)27(32)19-6-11-23(12-7-19)33-17-16-29-14-2-1-3-15-29;8-6-4-2-1-3-5(6)7(9)10;2-1(3)4/h4-13,18,30-31H,1-3,14-17H2;1-4H,8H2,(H,9,10);2H2,(H,3,4). The van der Waals surface area contributed by atoms with Crippen molar-refractivity contribution in [3.63, 3.8) is 0 Å². The molecule has 6 rings (SSSR count). The van der Waals surface area contributed by atoms with Crippen LogP contribution in [0.4, 0.5) is 10.5 Å². The van der Waals surface area contributed by atoms with Crippen molar-refractivity contribution in [3.05, 3.63) is 108 Å². The molecule has 1 aliphatic rings. The molecule has 0 spiro atoms. The van der Waals surface area contributed by atoms with Crippen LogP contribution in [0.3, 0.4) is 0 Å². The molecule has 0 unspecified atom stereocenters. The number of ketones is 1. The lowest BCUT2D eigenvalue weighted by atomic mass is 9.97. The normalized spacial score (nSPS) is 12.6. The van der Waals surface area contributed by atoms with E-state index in [2.05, 4.69) is 10.6 Å². The first-order chi connectivity index (χ1) is 23.0. The summed E-state index contributed by atoms with van der Waals surface area (Å²) in [5.74, 6) is 0.0210. The number of carboxylic acids is 1. The maximum Gasteiger partial charge on any atom is 0.402 e. The quantitative estimate of drug-likeness (QED) is 0.0766. The number of primary amides is 1. The van der Waals surface area contributed by atoms with Crippen molar-refractivity contribution in [2.75, 3.05) is 32.0 Å². The number of nitrogen functional groups attached to an aromatic ring is 1. The van der Waals surface area contributed by atoms with E-state index in [9.17, 15) is 19.8 Å². The van der Waals surface area contributed by atoms with Crippen LogP contribution in [0, 0.1) is 0 Å². The van der Waals surface area contributed by atoms with Crippen molar-refractivity contribution in [3.8, 4) is 27.7 Å². The molecule has 0 aliphatic carbocycles. The van der Waals surface area contributed by atoms with E-state index in [1.54, 1.807) is 60.7 Å². The fourth-order valence-corrected chi connectivity index (χ4v) is 6.38. The lowest BCUT2D eigenvalue weighted by molar-refractivity contribution is 0.0697. The molecular weight excluding hydrogens is 634 g/mol. The first-order valence-corrected chi connectivity index (χ1v) is 16.0. The molecule has 0 saturated carbocycles. The predicted octanol–water partition coefficient (Wildman–Crippen LogP) is 6.67. The van der Waals surface area contributed by atoms with Gasteiger partial charge >= 0.3 is 12.1 Å². The van der Waals surface area contributed by atoms with Crippen molar-refractivity contribution >= 4 is 45.0 Å². The number of nitrogens with two attached hydrogens (primary N) is 2. The van der Waals surface area contributed by atoms with Gasteiger partial charge in [0.15, 0.2) is 5.78 Å². The average Bonchev–Trinajstić information content (AvgIpc) is 3.44. The van der Waals surface area contributed by atoms with Crippen LogP contribution >= 0.6 is 11.3 Å². The van der Waals surface area contributed by atoms with E-state index in [4.69, 9.17) is 25.5 Å².